The lowest BCUT2D eigenvalue weighted by Gasteiger charge is -2.23. The molecular weight excluding hydrogens is 467 g/mol. The summed E-state index contributed by atoms with van der Waals surface area (Å²) >= 11 is 0. The van der Waals surface area contributed by atoms with Gasteiger partial charge in [-0.2, -0.15) is 0 Å². The molecule has 0 bridgehead atoms. The zero-order chi connectivity index (χ0) is 19.8. The minimum atomic E-state index is -0.603. The first-order chi connectivity index (χ1) is 12.9. The maximum atomic E-state index is 10.5. The van der Waals surface area contributed by atoms with E-state index in [0.717, 1.165) is 36.4 Å². The second-order valence-electron chi connectivity index (χ2n) is 7.60. The summed E-state index contributed by atoms with van der Waals surface area (Å²) in [5, 5.41) is 17.0. The van der Waals surface area contributed by atoms with Crippen molar-refractivity contribution in [2.45, 2.75) is 64.8 Å². The predicted octanol–water partition coefficient (Wildman–Crippen LogP) is 3.16. The summed E-state index contributed by atoms with van der Waals surface area (Å²) in [6.45, 7) is 10.2. The molecule has 1 aromatic rings. The maximum absolute atomic E-state index is 10.5. The molecule has 2 atom stereocenters. The van der Waals surface area contributed by atoms with Crippen molar-refractivity contribution in [2.75, 3.05) is 26.7 Å². The number of hydrogen-bond donors (Lipinski definition) is 3. The molecule has 0 amide bonds. The van der Waals surface area contributed by atoms with Crippen LogP contribution in [0.4, 0.5) is 0 Å². The van der Waals surface area contributed by atoms with Gasteiger partial charge in [0.15, 0.2) is 5.96 Å². The van der Waals surface area contributed by atoms with E-state index in [1.807, 2.05) is 45.0 Å². The largest absolute Gasteiger partial charge is 0.491 e. The van der Waals surface area contributed by atoms with Gasteiger partial charge in [-0.25, -0.2) is 0 Å². The molecule has 0 aromatic heterocycles. The van der Waals surface area contributed by atoms with Crippen LogP contribution in [-0.2, 0) is 0 Å². The fourth-order valence-corrected chi connectivity index (χ4v) is 2.89. The number of ether oxygens (including phenoxy) is 1. The van der Waals surface area contributed by atoms with Crippen molar-refractivity contribution in [3.05, 3.63) is 29.8 Å². The Labute approximate surface area is 187 Å². The van der Waals surface area contributed by atoms with Gasteiger partial charge in [0, 0.05) is 25.2 Å². The predicted molar refractivity (Wildman–Crippen MR) is 127 cm³/mol. The Kier molecular flexibility index (Phi) is 11.1. The normalized spacial score (nSPS) is 16.5. The number of aliphatic hydroxyl groups is 1. The summed E-state index contributed by atoms with van der Waals surface area (Å²) in [5.74, 6) is 1.56. The van der Waals surface area contributed by atoms with Gasteiger partial charge in [0.05, 0.1) is 18.8 Å². The van der Waals surface area contributed by atoms with Gasteiger partial charge in [0.25, 0.3) is 0 Å². The second-order valence-corrected chi connectivity index (χ2v) is 7.60. The number of hydrogen-bond acceptors (Lipinski definition) is 4. The third kappa shape index (κ3) is 8.53. The van der Waals surface area contributed by atoms with Crippen LogP contribution in [0.2, 0.25) is 0 Å². The first-order valence-corrected chi connectivity index (χ1v) is 10.1. The molecule has 6 nitrogen and oxygen atoms in total. The molecule has 160 valence electrons. The summed E-state index contributed by atoms with van der Waals surface area (Å²) in [6.07, 6.45) is 2.14. The van der Waals surface area contributed by atoms with Gasteiger partial charge in [-0.1, -0.05) is 12.1 Å². The zero-order valence-corrected chi connectivity index (χ0v) is 20.1. The molecule has 28 heavy (non-hydrogen) atoms. The molecule has 1 aromatic carbocycles. The molecule has 1 aliphatic carbocycles. The van der Waals surface area contributed by atoms with E-state index in [2.05, 4.69) is 34.5 Å². The van der Waals surface area contributed by atoms with Crippen LogP contribution in [-0.4, -0.2) is 60.8 Å². The number of benzene rings is 1. The number of nitrogens with one attached hydrogen (secondary N) is 2. The lowest BCUT2D eigenvalue weighted by atomic mass is 10.1. The Morgan fingerprint density at radius 3 is 2.39 bits per heavy atom. The molecular formula is C21H37IN4O2. The fourth-order valence-electron chi connectivity index (χ4n) is 2.89. The molecule has 1 saturated carbocycles. The number of aliphatic imine (C=N–C) groups is 1. The van der Waals surface area contributed by atoms with Crippen molar-refractivity contribution in [3.8, 4) is 5.75 Å². The van der Waals surface area contributed by atoms with E-state index >= 15 is 0 Å². The van der Waals surface area contributed by atoms with Crippen molar-refractivity contribution in [1.29, 1.82) is 0 Å². The van der Waals surface area contributed by atoms with E-state index in [0.29, 0.717) is 12.6 Å². The van der Waals surface area contributed by atoms with Gasteiger partial charge in [-0.15, -0.1) is 24.0 Å². The number of halogens is 1. The first-order valence-electron chi connectivity index (χ1n) is 10.1. The van der Waals surface area contributed by atoms with Crippen LogP contribution in [0, 0.1) is 0 Å². The Balaban J connectivity index is 0.00000392. The summed E-state index contributed by atoms with van der Waals surface area (Å²) in [7, 11) is 2.18. The standard InChI is InChI=1S/C21H36N4O2.HI/c1-6-22-21(23-13-16(4)25(5)18-9-10-18)24-14-20(26)17-7-11-19(12-8-17)27-15(2)3;/h7-8,11-12,15-16,18,20,26H,6,9-10,13-14H2,1-5H3,(H2,22,23,24);1H. The maximum Gasteiger partial charge on any atom is 0.191 e. The van der Waals surface area contributed by atoms with E-state index in [9.17, 15) is 5.11 Å². The highest BCUT2D eigenvalue weighted by molar-refractivity contribution is 14.0. The van der Waals surface area contributed by atoms with Crippen molar-refractivity contribution < 1.29 is 9.84 Å². The topological polar surface area (TPSA) is 69.1 Å². The molecule has 0 radical (unpaired) electrons. The number of nitrogens with zero attached hydrogens (tertiary/aromatic N) is 2. The SMILES string of the molecule is CCNC(=NCC(C)N(C)C1CC1)NCC(O)c1ccc(OC(C)C)cc1.I. The van der Waals surface area contributed by atoms with Crippen LogP contribution >= 0.6 is 24.0 Å². The van der Waals surface area contributed by atoms with Gasteiger partial charge >= 0.3 is 0 Å². The quantitative estimate of drug-likeness (QED) is 0.260. The van der Waals surface area contributed by atoms with Crippen LogP contribution in [0.5, 0.6) is 5.75 Å². The Morgan fingerprint density at radius 2 is 1.86 bits per heavy atom. The van der Waals surface area contributed by atoms with E-state index in [-0.39, 0.29) is 30.1 Å². The van der Waals surface area contributed by atoms with E-state index < -0.39 is 6.10 Å². The summed E-state index contributed by atoms with van der Waals surface area (Å²) < 4.78 is 5.64. The lowest BCUT2D eigenvalue weighted by Crippen LogP contribution is -2.41. The molecule has 0 aliphatic heterocycles. The third-order valence-corrected chi connectivity index (χ3v) is 4.78. The van der Waals surface area contributed by atoms with Crippen molar-refractivity contribution >= 4 is 29.9 Å². The summed E-state index contributed by atoms with van der Waals surface area (Å²) in [6, 6.07) is 8.74. The van der Waals surface area contributed by atoms with E-state index in [1.165, 1.54) is 12.8 Å². The zero-order valence-electron chi connectivity index (χ0n) is 17.8. The molecule has 2 rings (SSSR count). The van der Waals surface area contributed by atoms with Crippen LogP contribution in [0.3, 0.4) is 0 Å². The van der Waals surface area contributed by atoms with Crippen LogP contribution < -0.4 is 15.4 Å². The molecule has 1 aliphatic rings. The molecule has 7 heteroatoms. The molecule has 0 spiro atoms. The highest BCUT2D eigenvalue weighted by Crippen LogP contribution is 2.26. The fraction of sp³-hybridized carbons (Fsp3) is 0.667. The van der Waals surface area contributed by atoms with Gasteiger partial charge in [-0.05, 0) is 65.3 Å². The average Bonchev–Trinajstić information content (AvgIpc) is 3.48. The Morgan fingerprint density at radius 1 is 1.21 bits per heavy atom. The van der Waals surface area contributed by atoms with Crippen LogP contribution in [0.25, 0.3) is 0 Å². The van der Waals surface area contributed by atoms with E-state index in [4.69, 9.17) is 4.74 Å². The van der Waals surface area contributed by atoms with Gasteiger partial charge in [-0.3, -0.25) is 9.89 Å². The van der Waals surface area contributed by atoms with Gasteiger partial charge in [0.1, 0.15) is 5.75 Å². The van der Waals surface area contributed by atoms with Crippen molar-refractivity contribution in [3.63, 3.8) is 0 Å². The molecule has 1 fully saturated rings. The highest BCUT2D eigenvalue weighted by Gasteiger charge is 2.28. The third-order valence-electron chi connectivity index (χ3n) is 4.78. The van der Waals surface area contributed by atoms with E-state index in [1.54, 1.807) is 0 Å². The second kappa shape index (κ2) is 12.5. The monoisotopic (exact) mass is 504 g/mol. The minimum absolute atomic E-state index is 0. The Hall–Kier alpha value is -1.06. The number of aliphatic hydroxyl groups excluding tert-OH is 1. The van der Waals surface area contributed by atoms with Gasteiger partial charge in [0.2, 0.25) is 0 Å². The number of likely N-dealkylation sites (N-methyl/N-ethyl adjacent to an activating group) is 1. The summed E-state index contributed by atoms with van der Waals surface area (Å²) in [4.78, 5) is 7.08. The molecule has 2 unspecified atom stereocenters. The van der Waals surface area contributed by atoms with Crippen molar-refractivity contribution in [1.82, 2.24) is 15.5 Å². The van der Waals surface area contributed by atoms with Gasteiger partial charge < -0.3 is 20.5 Å². The number of rotatable bonds is 10. The lowest BCUT2D eigenvalue weighted by molar-refractivity contribution is 0.180. The smallest absolute Gasteiger partial charge is 0.191 e. The average molecular weight is 504 g/mol. The van der Waals surface area contributed by atoms with Crippen LogP contribution in [0.15, 0.2) is 29.3 Å². The van der Waals surface area contributed by atoms with Crippen LogP contribution in [0.1, 0.15) is 52.2 Å². The first kappa shape index (κ1) is 25.0. The Bertz CT molecular complexity index is 591. The molecule has 0 saturated heterocycles. The molecule has 0 heterocycles. The molecule has 3 N–H and O–H groups in total. The summed E-state index contributed by atoms with van der Waals surface area (Å²) in [5.41, 5.74) is 0.858. The minimum Gasteiger partial charge on any atom is -0.491 e. The van der Waals surface area contributed by atoms with Crippen molar-refractivity contribution in [2.24, 2.45) is 4.99 Å². The highest BCUT2D eigenvalue weighted by atomic mass is 127. The number of guanidine groups is 1.